The minimum Gasteiger partial charge on any atom is -0.367 e. The van der Waals surface area contributed by atoms with Gasteiger partial charge in [-0.3, -0.25) is 4.79 Å². The second-order valence-corrected chi connectivity index (χ2v) is 6.77. The van der Waals surface area contributed by atoms with Gasteiger partial charge in [0.1, 0.15) is 5.82 Å². The molecule has 2 heterocycles. The van der Waals surface area contributed by atoms with E-state index in [1.165, 1.54) is 12.8 Å². The van der Waals surface area contributed by atoms with Crippen LogP contribution in [0.2, 0.25) is 0 Å². The van der Waals surface area contributed by atoms with Gasteiger partial charge in [0.2, 0.25) is 0 Å². The fourth-order valence-electron chi connectivity index (χ4n) is 3.39. The molecule has 0 radical (unpaired) electrons. The van der Waals surface area contributed by atoms with Gasteiger partial charge in [-0.05, 0) is 55.9 Å². The molecule has 4 rings (SSSR count). The van der Waals surface area contributed by atoms with Gasteiger partial charge in [-0.25, -0.2) is 4.98 Å². The highest BCUT2D eigenvalue weighted by Gasteiger charge is 2.29. The summed E-state index contributed by atoms with van der Waals surface area (Å²) in [6, 6.07) is 14.5. The lowest BCUT2D eigenvalue weighted by Gasteiger charge is -2.36. The molecule has 0 bridgehead atoms. The zero-order valence-corrected chi connectivity index (χ0v) is 13.8. The number of nitrogens with one attached hydrogen (secondary N) is 1. The molecule has 2 aliphatic rings. The second kappa shape index (κ2) is 6.63. The first kappa shape index (κ1) is 15.2. The summed E-state index contributed by atoms with van der Waals surface area (Å²) in [6.45, 7) is 0.820. The van der Waals surface area contributed by atoms with Crippen molar-refractivity contribution in [1.82, 2.24) is 9.88 Å². The van der Waals surface area contributed by atoms with Gasteiger partial charge in [0.15, 0.2) is 0 Å². The molecule has 0 spiro atoms. The molecule has 1 unspecified atom stereocenters. The second-order valence-electron chi connectivity index (χ2n) is 6.77. The van der Waals surface area contributed by atoms with Crippen molar-refractivity contribution in [2.45, 2.75) is 44.2 Å². The number of anilines is 1. The quantitative estimate of drug-likeness (QED) is 0.925. The van der Waals surface area contributed by atoms with E-state index in [0.29, 0.717) is 6.04 Å². The number of aromatic nitrogens is 1. The Morgan fingerprint density at radius 1 is 1.04 bits per heavy atom. The Morgan fingerprint density at radius 3 is 2.58 bits per heavy atom. The minimum atomic E-state index is 0.125. The summed E-state index contributed by atoms with van der Waals surface area (Å²) in [7, 11) is 0. The first-order valence-electron chi connectivity index (χ1n) is 8.90. The first-order chi connectivity index (χ1) is 11.8. The number of pyridine rings is 1. The van der Waals surface area contributed by atoms with Gasteiger partial charge >= 0.3 is 0 Å². The molecule has 2 aromatic rings. The van der Waals surface area contributed by atoms with Crippen LogP contribution < -0.4 is 5.32 Å². The molecular weight excluding hydrogens is 298 g/mol. The number of carbonyl (C=O) groups excluding carboxylic acids is 1. The minimum absolute atomic E-state index is 0.125. The lowest BCUT2D eigenvalue weighted by Crippen LogP contribution is -2.38. The Hall–Kier alpha value is -2.36. The van der Waals surface area contributed by atoms with Crippen LogP contribution >= 0.6 is 0 Å². The van der Waals surface area contributed by atoms with Gasteiger partial charge in [-0.15, -0.1) is 0 Å². The van der Waals surface area contributed by atoms with E-state index in [1.807, 2.05) is 47.5 Å². The first-order valence-corrected chi connectivity index (χ1v) is 8.90. The van der Waals surface area contributed by atoms with Gasteiger partial charge in [0.05, 0.1) is 6.04 Å². The lowest BCUT2D eigenvalue weighted by atomic mass is 9.95. The fourth-order valence-corrected chi connectivity index (χ4v) is 3.39. The Labute approximate surface area is 142 Å². The molecule has 124 valence electrons. The number of piperidine rings is 1. The number of rotatable bonds is 4. The molecule has 2 fully saturated rings. The molecule has 1 amide bonds. The van der Waals surface area contributed by atoms with Gasteiger partial charge in [0.25, 0.3) is 5.91 Å². The highest BCUT2D eigenvalue weighted by molar-refractivity contribution is 5.94. The number of nitrogens with zero attached hydrogens (tertiary/aromatic N) is 2. The summed E-state index contributed by atoms with van der Waals surface area (Å²) in [5.74, 6) is 1.07. The summed E-state index contributed by atoms with van der Waals surface area (Å²) < 4.78 is 0. The van der Waals surface area contributed by atoms with Crippen LogP contribution in [0.4, 0.5) is 5.82 Å². The van der Waals surface area contributed by atoms with Crippen LogP contribution in [0.15, 0.2) is 48.7 Å². The summed E-state index contributed by atoms with van der Waals surface area (Å²) in [5, 5.41) is 3.41. The van der Waals surface area contributed by atoms with Crippen LogP contribution in [-0.4, -0.2) is 28.4 Å². The van der Waals surface area contributed by atoms with E-state index in [2.05, 4.69) is 16.4 Å². The molecule has 1 aliphatic carbocycles. The van der Waals surface area contributed by atoms with E-state index in [9.17, 15) is 4.79 Å². The predicted molar refractivity (Wildman–Crippen MR) is 95.0 cm³/mol. The molecule has 1 saturated heterocycles. The molecule has 1 aromatic heterocycles. The Balaban J connectivity index is 1.54. The summed E-state index contributed by atoms with van der Waals surface area (Å²) in [4.78, 5) is 19.5. The molecule has 1 aliphatic heterocycles. The van der Waals surface area contributed by atoms with Crippen molar-refractivity contribution in [3.8, 4) is 0 Å². The van der Waals surface area contributed by atoms with Crippen LogP contribution in [0.3, 0.4) is 0 Å². The number of hydrogen-bond donors (Lipinski definition) is 1. The number of carbonyl (C=O) groups is 1. The summed E-state index contributed by atoms with van der Waals surface area (Å²) >= 11 is 0. The third-order valence-corrected chi connectivity index (χ3v) is 4.88. The van der Waals surface area contributed by atoms with E-state index in [4.69, 9.17) is 0 Å². The largest absolute Gasteiger partial charge is 0.367 e. The molecule has 4 nitrogen and oxygen atoms in total. The van der Waals surface area contributed by atoms with Gasteiger partial charge in [-0.1, -0.05) is 24.3 Å². The zero-order valence-electron chi connectivity index (χ0n) is 13.8. The van der Waals surface area contributed by atoms with Crippen LogP contribution in [-0.2, 0) is 0 Å². The van der Waals surface area contributed by atoms with Crippen LogP contribution in [0.1, 0.15) is 54.1 Å². The maximum Gasteiger partial charge on any atom is 0.254 e. The van der Waals surface area contributed by atoms with Gasteiger partial charge < -0.3 is 10.2 Å². The van der Waals surface area contributed by atoms with Crippen LogP contribution in [0, 0.1) is 0 Å². The summed E-state index contributed by atoms with van der Waals surface area (Å²) in [5.41, 5.74) is 1.91. The van der Waals surface area contributed by atoms with E-state index < -0.39 is 0 Å². The van der Waals surface area contributed by atoms with E-state index in [0.717, 1.165) is 42.8 Å². The molecular formula is C20H23N3O. The highest BCUT2D eigenvalue weighted by Crippen LogP contribution is 2.32. The van der Waals surface area contributed by atoms with Crippen molar-refractivity contribution in [3.63, 3.8) is 0 Å². The monoisotopic (exact) mass is 321 g/mol. The molecule has 1 N–H and O–H groups in total. The predicted octanol–water partition coefficient (Wildman–Crippen LogP) is 4.02. The standard InChI is InChI=1S/C20H23N3O/c24-20(15-6-2-1-3-7-15)23-13-5-4-8-18(23)16-9-12-19(21-14-16)22-17-10-11-17/h1-3,6-7,9,12,14,17-18H,4-5,8,10-11,13H2,(H,21,22). The Bertz CT molecular complexity index is 695. The molecule has 24 heavy (non-hydrogen) atoms. The van der Waals surface area contributed by atoms with Crippen molar-refractivity contribution >= 4 is 11.7 Å². The topological polar surface area (TPSA) is 45.2 Å². The maximum atomic E-state index is 12.9. The third-order valence-electron chi connectivity index (χ3n) is 4.88. The van der Waals surface area contributed by atoms with E-state index >= 15 is 0 Å². The van der Waals surface area contributed by atoms with Crippen molar-refractivity contribution in [1.29, 1.82) is 0 Å². The molecule has 1 saturated carbocycles. The summed E-state index contributed by atoms with van der Waals surface area (Å²) in [6.07, 6.45) is 7.66. The van der Waals surface area contributed by atoms with Crippen LogP contribution in [0.25, 0.3) is 0 Å². The van der Waals surface area contributed by atoms with Gasteiger partial charge in [0, 0.05) is 24.3 Å². The van der Waals surface area contributed by atoms with Crippen LogP contribution in [0.5, 0.6) is 0 Å². The Morgan fingerprint density at radius 2 is 1.88 bits per heavy atom. The van der Waals surface area contributed by atoms with E-state index in [-0.39, 0.29) is 11.9 Å². The number of likely N-dealkylation sites (tertiary alicyclic amines) is 1. The molecule has 1 atom stereocenters. The van der Waals surface area contributed by atoms with E-state index in [1.54, 1.807) is 0 Å². The number of amides is 1. The van der Waals surface area contributed by atoms with Crippen molar-refractivity contribution in [2.24, 2.45) is 0 Å². The molecule has 4 heteroatoms. The average molecular weight is 321 g/mol. The lowest BCUT2D eigenvalue weighted by molar-refractivity contribution is 0.0611. The van der Waals surface area contributed by atoms with Crippen molar-refractivity contribution in [2.75, 3.05) is 11.9 Å². The number of benzene rings is 1. The van der Waals surface area contributed by atoms with Crippen molar-refractivity contribution in [3.05, 3.63) is 59.8 Å². The van der Waals surface area contributed by atoms with Crippen molar-refractivity contribution < 1.29 is 4.79 Å². The molecule has 1 aromatic carbocycles. The zero-order chi connectivity index (χ0) is 16.4. The SMILES string of the molecule is O=C(c1ccccc1)N1CCCCC1c1ccc(NC2CC2)nc1. The number of hydrogen-bond acceptors (Lipinski definition) is 3. The smallest absolute Gasteiger partial charge is 0.254 e. The maximum absolute atomic E-state index is 12.9. The Kier molecular flexibility index (Phi) is 4.20. The normalized spacial score (nSPS) is 20.7. The van der Waals surface area contributed by atoms with Gasteiger partial charge in [-0.2, -0.15) is 0 Å². The third kappa shape index (κ3) is 3.28. The fraction of sp³-hybridized carbons (Fsp3) is 0.400. The average Bonchev–Trinajstić information content (AvgIpc) is 3.47. The highest BCUT2D eigenvalue weighted by atomic mass is 16.2.